The summed E-state index contributed by atoms with van der Waals surface area (Å²) in [7, 11) is 4.39. The molecule has 0 atom stereocenters. The lowest BCUT2D eigenvalue weighted by Gasteiger charge is -2.14. The van der Waals surface area contributed by atoms with E-state index >= 15 is 0 Å². The summed E-state index contributed by atoms with van der Waals surface area (Å²) in [5.41, 5.74) is 1.64. The van der Waals surface area contributed by atoms with Gasteiger partial charge >= 0.3 is 0 Å². The van der Waals surface area contributed by atoms with Crippen molar-refractivity contribution in [2.45, 2.75) is 0 Å². The standard InChI is InChI=1S/C20H20N4O5S/c1-27-15-8-12(9-16(28-2)18(15)29-3)19(26)22-10-17(25)24-20-23-14(11-30-20)13-6-4-5-7-21-13/h4-9,11H,10H2,1-3H3,(H,22,26)(H,23,24,25). The Morgan fingerprint density at radius 1 is 1.03 bits per heavy atom. The zero-order chi connectivity index (χ0) is 21.5. The average molecular weight is 428 g/mol. The van der Waals surface area contributed by atoms with Crippen LogP contribution < -0.4 is 24.8 Å². The molecule has 1 aromatic carbocycles. The van der Waals surface area contributed by atoms with Crippen molar-refractivity contribution in [2.75, 3.05) is 33.2 Å². The van der Waals surface area contributed by atoms with E-state index in [0.29, 0.717) is 33.8 Å². The van der Waals surface area contributed by atoms with E-state index in [9.17, 15) is 9.59 Å². The molecule has 30 heavy (non-hydrogen) atoms. The Morgan fingerprint density at radius 3 is 2.37 bits per heavy atom. The van der Waals surface area contributed by atoms with E-state index in [2.05, 4.69) is 20.6 Å². The lowest BCUT2D eigenvalue weighted by atomic mass is 10.1. The number of benzene rings is 1. The number of rotatable bonds is 8. The highest BCUT2D eigenvalue weighted by atomic mass is 32.1. The van der Waals surface area contributed by atoms with Crippen LogP contribution in [-0.4, -0.2) is 49.7 Å². The first-order valence-corrected chi connectivity index (χ1v) is 9.68. The number of aromatic nitrogens is 2. The van der Waals surface area contributed by atoms with Gasteiger partial charge in [-0.25, -0.2) is 4.98 Å². The Balaban J connectivity index is 1.61. The molecule has 2 aromatic heterocycles. The third-order valence-corrected chi connectivity index (χ3v) is 4.77. The second kappa shape index (κ2) is 9.70. The van der Waals surface area contributed by atoms with Gasteiger partial charge in [0.05, 0.1) is 33.6 Å². The van der Waals surface area contributed by atoms with Crippen LogP contribution in [0.2, 0.25) is 0 Å². The second-order valence-electron chi connectivity index (χ2n) is 5.90. The fraction of sp³-hybridized carbons (Fsp3) is 0.200. The van der Waals surface area contributed by atoms with E-state index < -0.39 is 11.8 Å². The molecule has 0 unspecified atom stereocenters. The number of nitrogens with zero attached hydrogens (tertiary/aromatic N) is 2. The van der Waals surface area contributed by atoms with Crippen LogP contribution in [0, 0.1) is 0 Å². The van der Waals surface area contributed by atoms with Crippen molar-refractivity contribution in [3.05, 3.63) is 47.5 Å². The van der Waals surface area contributed by atoms with Crippen molar-refractivity contribution < 1.29 is 23.8 Å². The smallest absolute Gasteiger partial charge is 0.251 e. The molecule has 0 aliphatic heterocycles. The summed E-state index contributed by atoms with van der Waals surface area (Å²) in [5.74, 6) is 0.199. The van der Waals surface area contributed by atoms with Gasteiger partial charge in [-0.2, -0.15) is 0 Å². The lowest BCUT2D eigenvalue weighted by Crippen LogP contribution is -2.32. The van der Waals surface area contributed by atoms with E-state index in [4.69, 9.17) is 14.2 Å². The number of hydrogen-bond donors (Lipinski definition) is 2. The normalized spacial score (nSPS) is 10.2. The molecule has 0 saturated heterocycles. The minimum atomic E-state index is -0.460. The summed E-state index contributed by atoms with van der Waals surface area (Å²) >= 11 is 1.27. The molecule has 3 rings (SSSR count). The number of carbonyl (C=O) groups excluding carboxylic acids is 2. The van der Waals surface area contributed by atoms with Crippen LogP contribution in [0.15, 0.2) is 41.9 Å². The van der Waals surface area contributed by atoms with E-state index in [1.807, 2.05) is 18.2 Å². The van der Waals surface area contributed by atoms with E-state index in [0.717, 1.165) is 0 Å². The second-order valence-corrected chi connectivity index (χ2v) is 6.76. The molecule has 0 bridgehead atoms. The molecule has 2 amide bonds. The van der Waals surface area contributed by atoms with E-state index in [-0.39, 0.29) is 12.1 Å². The van der Waals surface area contributed by atoms with Gasteiger partial charge in [0.15, 0.2) is 16.6 Å². The van der Waals surface area contributed by atoms with Crippen molar-refractivity contribution in [1.82, 2.24) is 15.3 Å². The minimum absolute atomic E-state index is 0.228. The van der Waals surface area contributed by atoms with Crippen molar-refractivity contribution in [1.29, 1.82) is 0 Å². The first-order chi connectivity index (χ1) is 14.5. The highest BCUT2D eigenvalue weighted by molar-refractivity contribution is 7.14. The minimum Gasteiger partial charge on any atom is -0.493 e. The third-order valence-electron chi connectivity index (χ3n) is 4.01. The van der Waals surface area contributed by atoms with Gasteiger partial charge in [-0.1, -0.05) is 6.07 Å². The molecule has 0 fully saturated rings. The summed E-state index contributed by atoms with van der Waals surface area (Å²) in [6.45, 7) is -0.228. The largest absolute Gasteiger partial charge is 0.493 e. The summed E-state index contributed by atoms with van der Waals surface area (Å²) in [5, 5.41) is 7.44. The van der Waals surface area contributed by atoms with Gasteiger partial charge in [0, 0.05) is 17.1 Å². The maximum Gasteiger partial charge on any atom is 0.251 e. The zero-order valence-corrected chi connectivity index (χ0v) is 17.4. The van der Waals surface area contributed by atoms with Crippen LogP contribution in [-0.2, 0) is 4.79 Å². The number of methoxy groups -OCH3 is 3. The first-order valence-electron chi connectivity index (χ1n) is 8.80. The van der Waals surface area contributed by atoms with Gasteiger partial charge in [0.1, 0.15) is 5.69 Å². The SMILES string of the molecule is COc1cc(C(=O)NCC(=O)Nc2nc(-c3ccccn3)cs2)cc(OC)c1OC. The molecule has 156 valence electrons. The van der Waals surface area contributed by atoms with Gasteiger partial charge in [-0.15, -0.1) is 11.3 Å². The topological polar surface area (TPSA) is 112 Å². The van der Waals surface area contributed by atoms with Crippen LogP contribution in [0.3, 0.4) is 0 Å². The maximum atomic E-state index is 12.5. The molecule has 0 saturated carbocycles. The van der Waals surface area contributed by atoms with Crippen LogP contribution in [0.1, 0.15) is 10.4 Å². The number of ether oxygens (including phenoxy) is 3. The Hall–Kier alpha value is -3.66. The summed E-state index contributed by atoms with van der Waals surface area (Å²) in [4.78, 5) is 33.2. The van der Waals surface area contributed by atoms with Crippen LogP contribution in [0.5, 0.6) is 17.2 Å². The average Bonchev–Trinajstić information content (AvgIpc) is 3.25. The fourth-order valence-electron chi connectivity index (χ4n) is 2.60. The molecule has 2 N–H and O–H groups in total. The number of pyridine rings is 1. The Morgan fingerprint density at radius 2 is 1.77 bits per heavy atom. The Kier molecular flexibility index (Phi) is 6.81. The number of anilines is 1. The monoisotopic (exact) mass is 428 g/mol. The Bertz CT molecular complexity index is 1010. The van der Waals surface area contributed by atoms with Gasteiger partial charge in [0.2, 0.25) is 11.7 Å². The fourth-order valence-corrected chi connectivity index (χ4v) is 3.32. The molecule has 2 heterocycles. The van der Waals surface area contributed by atoms with Gasteiger partial charge < -0.3 is 24.8 Å². The van der Waals surface area contributed by atoms with Gasteiger partial charge in [0.25, 0.3) is 5.91 Å². The highest BCUT2D eigenvalue weighted by Gasteiger charge is 2.17. The molecular weight excluding hydrogens is 408 g/mol. The molecule has 0 aliphatic rings. The number of nitrogens with one attached hydrogen (secondary N) is 2. The summed E-state index contributed by atoms with van der Waals surface area (Å²) in [6, 6.07) is 8.52. The molecule has 0 radical (unpaired) electrons. The van der Waals surface area contributed by atoms with Gasteiger partial charge in [-0.05, 0) is 24.3 Å². The van der Waals surface area contributed by atoms with Crippen molar-refractivity contribution >= 4 is 28.3 Å². The number of carbonyl (C=O) groups is 2. The third kappa shape index (κ3) is 4.84. The van der Waals surface area contributed by atoms with E-state index in [1.54, 1.807) is 11.6 Å². The number of hydrogen-bond acceptors (Lipinski definition) is 8. The molecule has 10 heteroatoms. The molecule has 0 aliphatic carbocycles. The van der Waals surface area contributed by atoms with Crippen molar-refractivity contribution in [3.8, 4) is 28.6 Å². The van der Waals surface area contributed by atoms with Crippen LogP contribution in [0.25, 0.3) is 11.4 Å². The predicted molar refractivity (Wildman–Crippen MR) is 112 cm³/mol. The lowest BCUT2D eigenvalue weighted by molar-refractivity contribution is -0.115. The molecule has 9 nitrogen and oxygen atoms in total. The molecule has 3 aromatic rings. The van der Waals surface area contributed by atoms with Gasteiger partial charge in [-0.3, -0.25) is 14.6 Å². The predicted octanol–water partition coefficient (Wildman–Crippen LogP) is 2.60. The molecular formula is C20H20N4O5S. The number of amides is 2. The maximum absolute atomic E-state index is 12.5. The molecule has 0 spiro atoms. The summed E-state index contributed by atoms with van der Waals surface area (Å²) in [6.07, 6.45) is 1.67. The van der Waals surface area contributed by atoms with E-state index in [1.165, 1.54) is 44.8 Å². The number of thiazole rings is 1. The quantitative estimate of drug-likeness (QED) is 0.567. The first kappa shape index (κ1) is 21.1. The summed E-state index contributed by atoms with van der Waals surface area (Å²) < 4.78 is 15.7. The highest BCUT2D eigenvalue weighted by Crippen LogP contribution is 2.38. The van der Waals surface area contributed by atoms with Crippen molar-refractivity contribution in [2.24, 2.45) is 0 Å². The van der Waals surface area contributed by atoms with Crippen LogP contribution >= 0.6 is 11.3 Å². The Labute approximate surface area is 177 Å². The van der Waals surface area contributed by atoms with Crippen LogP contribution in [0.4, 0.5) is 5.13 Å². The zero-order valence-electron chi connectivity index (χ0n) is 16.6. The van der Waals surface area contributed by atoms with Crippen molar-refractivity contribution in [3.63, 3.8) is 0 Å².